The van der Waals surface area contributed by atoms with Crippen molar-refractivity contribution >= 4 is 5.91 Å². The van der Waals surface area contributed by atoms with Crippen LogP contribution in [-0.4, -0.2) is 46.6 Å². The highest BCUT2D eigenvalue weighted by Crippen LogP contribution is 2.27. The van der Waals surface area contributed by atoms with E-state index in [1.165, 1.54) is 0 Å². The maximum absolute atomic E-state index is 12.0. The first-order valence-corrected chi connectivity index (χ1v) is 6.44. The normalized spacial score (nSPS) is 24.1. The number of carbonyl (C=O) groups is 1. The quantitative estimate of drug-likeness (QED) is 0.779. The van der Waals surface area contributed by atoms with Crippen molar-refractivity contribution in [2.24, 2.45) is 0 Å². The van der Waals surface area contributed by atoms with Crippen molar-refractivity contribution < 1.29 is 9.53 Å². The Labute approximate surface area is 106 Å². The van der Waals surface area contributed by atoms with Crippen molar-refractivity contribution in [3.63, 3.8) is 0 Å². The van der Waals surface area contributed by atoms with Gasteiger partial charge in [-0.15, -0.1) is 0 Å². The van der Waals surface area contributed by atoms with Crippen LogP contribution < -0.4 is 0 Å². The molecule has 0 unspecified atom stereocenters. The molecule has 2 aliphatic rings. The minimum absolute atomic E-state index is 0.136. The average molecular weight is 247 g/mol. The molecule has 0 N–H and O–H groups in total. The molecule has 1 amide bonds. The maximum Gasteiger partial charge on any atom is 0.251 e. The van der Waals surface area contributed by atoms with E-state index in [2.05, 4.69) is 9.97 Å². The highest BCUT2D eigenvalue weighted by molar-refractivity contribution is 5.82. The lowest BCUT2D eigenvalue weighted by molar-refractivity contribution is -0.145. The molecule has 2 aliphatic heterocycles. The first kappa shape index (κ1) is 11.6. The Morgan fingerprint density at radius 1 is 1.50 bits per heavy atom. The van der Waals surface area contributed by atoms with Crippen LogP contribution in [0.25, 0.3) is 0 Å². The molecule has 3 rings (SSSR count). The van der Waals surface area contributed by atoms with Crippen molar-refractivity contribution in [2.75, 3.05) is 19.7 Å². The largest absolute Gasteiger partial charge is 0.368 e. The molecule has 2 fully saturated rings. The fourth-order valence-electron chi connectivity index (χ4n) is 2.46. The van der Waals surface area contributed by atoms with E-state index in [0.29, 0.717) is 6.61 Å². The Kier molecular flexibility index (Phi) is 2.99. The Bertz CT molecular complexity index is 451. The van der Waals surface area contributed by atoms with Gasteiger partial charge in [-0.1, -0.05) is 0 Å². The number of likely N-dealkylation sites (tertiary alicyclic amines) is 1. The van der Waals surface area contributed by atoms with E-state index in [0.717, 1.165) is 37.4 Å². The number of hydrogen-bond acceptors (Lipinski definition) is 4. The molecule has 3 heterocycles. The van der Waals surface area contributed by atoms with Gasteiger partial charge in [-0.2, -0.15) is 0 Å². The van der Waals surface area contributed by atoms with Crippen LogP contribution in [0, 0.1) is 6.92 Å². The molecule has 2 saturated heterocycles. The summed E-state index contributed by atoms with van der Waals surface area (Å²) in [5.41, 5.74) is 0.976. The molecule has 0 spiro atoms. The average Bonchev–Trinajstić information content (AvgIpc) is 2.80. The summed E-state index contributed by atoms with van der Waals surface area (Å²) in [6.07, 6.45) is 3.43. The van der Waals surface area contributed by atoms with E-state index in [1.807, 2.05) is 17.9 Å². The Balaban J connectivity index is 1.58. The standard InChI is InChI=1S/C13H17N3O2/c1-9-4-5-14-12(15-9)10-7-16(8-10)13(17)11-3-2-6-18-11/h4-5,10-11H,2-3,6-8H2,1H3/t11-/m1/s1. The Morgan fingerprint density at radius 3 is 3.00 bits per heavy atom. The van der Waals surface area contributed by atoms with Gasteiger partial charge in [-0.05, 0) is 25.8 Å². The first-order valence-electron chi connectivity index (χ1n) is 6.44. The minimum atomic E-state index is -0.204. The van der Waals surface area contributed by atoms with Gasteiger partial charge in [-0.25, -0.2) is 9.97 Å². The molecule has 1 aromatic heterocycles. The number of nitrogens with zero attached hydrogens (tertiary/aromatic N) is 3. The lowest BCUT2D eigenvalue weighted by atomic mass is 9.98. The van der Waals surface area contributed by atoms with Gasteiger partial charge in [0.15, 0.2) is 0 Å². The summed E-state index contributed by atoms with van der Waals surface area (Å²) in [7, 11) is 0. The molecule has 18 heavy (non-hydrogen) atoms. The monoisotopic (exact) mass is 247 g/mol. The predicted molar refractivity (Wildman–Crippen MR) is 65.1 cm³/mol. The van der Waals surface area contributed by atoms with Gasteiger partial charge >= 0.3 is 0 Å². The van der Waals surface area contributed by atoms with Gasteiger partial charge < -0.3 is 9.64 Å². The molecular weight excluding hydrogens is 230 g/mol. The molecule has 0 aromatic carbocycles. The fraction of sp³-hybridized carbons (Fsp3) is 0.615. The van der Waals surface area contributed by atoms with Crippen LogP contribution in [0.15, 0.2) is 12.3 Å². The molecule has 1 aromatic rings. The summed E-state index contributed by atoms with van der Waals surface area (Å²) in [5, 5.41) is 0. The zero-order chi connectivity index (χ0) is 12.5. The molecule has 0 bridgehead atoms. The highest BCUT2D eigenvalue weighted by Gasteiger charge is 2.37. The summed E-state index contributed by atoms with van der Waals surface area (Å²) in [4.78, 5) is 22.6. The van der Waals surface area contributed by atoms with Crippen molar-refractivity contribution in [1.82, 2.24) is 14.9 Å². The summed E-state index contributed by atoms with van der Waals surface area (Å²) in [6.45, 7) is 4.12. The predicted octanol–water partition coefficient (Wildman–Crippen LogP) is 0.890. The van der Waals surface area contributed by atoms with Crippen LogP contribution in [-0.2, 0) is 9.53 Å². The second-order valence-corrected chi connectivity index (χ2v) is 5.00. The van der Waals surface area contributed by atoms with Crippen LogP contribution in [0.5, 0.6) is 0 Å². The number of ether oxygens (including phenoxy) is 1. The van der Waals surface area contributed by atoms with Crippen molar-refractivity contribution in [2.45, 2.75) is 31.8 Å². The number of amides is 1. The summed E-state index contributed by atoms with van der Waals surface area (Å²) < 4.78 is 5.41. The molecule has 5 heteroatoms. The molecule has 5 nitrogen and oxygen atoms in total. The first-order chi connectivity index (χ1) is 8.74. The van der Waals surface area contributed by atoms with E-state index in [4.69, 9.17) is 4.74 Å². The second-order valence-electron chi connectivity index (χ2n) is 5.00. The zero-order valence-electron chi connectivity index (χ0n) is 10.5. The van der Waals surface area contributed by atoms with E-state index in [9.17, 15) is 4.79 Å². The number of aryl methyl sites for hydroxylation is 1. The third-order valence-electron chi connectivity index (χ3n) is 3.58. The van der Waals surface area contributed by atoms with E-state index < -0.39 is 0 Å². The summed E-state index contributed by atoms with van der Waals surface area (Å²) in [5.74, 6) is 1.28. The number of carbonyl (C=O) groups excluding carboxylic acids is 1. The van der Waals surface area contributed by atoms with Crippen molar-refractivity contribution in [3.05, 3.63) is 23.8 Å². The molecule has 0 radical (unpaired) electrons. The molecule has 0 aliphatic carbocycles. The van der Waals surface area contributed by atoms with E-state index >= 15 is 0 Å². The lowest BCUT2D eigenvalue weighted by Gasteiger charge is -2.39. The minimum Gasteiger partial charge on any atom is -0.368 e. The summed E-state index contributed by atoms with van der Waals surface area (Å²) >= 11 is 0. The summed E-state index contributed by atoms with van der Waals surface area (Å²) in [6, 6.07) is 1.89. The SMILES string of the molecule is Cc1ccnc(C2CN(C(=O)[C@H]3CCCO3)C2)n1. The van der Waals surface area contributed by atoms with E-state index in [-0.39, 0.29) is 17.9 Å². The molecular formula is C13H17N3O2. The van der Waals surface area contributed by atoms with E-state index in [1.54, 1.807) is 6.20 Å². The smallest absolute Gasteiger partial charge is 0.251 e. The zero-order valence-corrected chi connectivity index (χ0v) is 10.5. The number of aromatic nitrogens is 2. The van der Waals surface area contributed by atoms with Gasteiger partial charge in [0.1, 0.15) is 11.9 Å². The Hall–Kier alpha value is -1.49. The van der Waals surface area contributed by atoms with Gasteiger partial charge in [0.05, 0.1) is 5.92 Å². The van der Waals surface area contributed by atoms with Crippen LogP contribution >= 0.6 is 0 Å². The van der Waals surface area contributed by atoms with Crippen LogP contribution in [0.1, 0.15) is 30.3 Å². The van der Waals surface area contributed by atoms with Crippen LogP contribution in [0.2, 0.25) is 0 Å². The molecule has 1 atom stereocenters. The topological polar surface area (TPSA) is 55.3 Å². The number of rotatable bonds is 2. The van der Waals surface area contributed by atoms with Gasteiger partial charge in [0.2, 0.25) is 0 Å². The number of hydrogen-bond donors (Lipinski definition) is 0. The third-order valence-corrected chi connectivity index (χ3v) is 3.58. The maximum atomic E-state index is 12.0. The molecule has 96 valence electrons. The van der Waals surface area contributed by atoms with Gasteiger partial charge in [0.25, 0.3) is 5.91 Å². The third kappa shape index (κ3) is 2.10. The van der Waals surface area contributed by atoms with Crippen molar-refractivity contribution in [1.29, 1.82) is 0 Å². The Morgan fingerprint density at radius 2 is 2.33 bits per heavy atom. The molecule has 0 saturated carbocycles. The lowest BCUT2D eigenvalue weighted by Crippen LogP contribution is -2.52. The highest BCUT2D eigenvalue weighted by atomic mass is 16.5. The van der Waals surface area contributed by atoms with Crippen molar-refractivity contribution in [3.8, 4) is 0 Å². The van der Waals surface area contributed by atoms with Gasteiger partial charge in [0, 0.05) is 31.6 Å². The fourth-order valence-corrected chi connectivity index (χ4v) is 2.46. The second kappa shape index (κ2) is 4.65. The van der Waals surface area contributed by atoms with Gasteiger partial charge in [-0.3, -0.25) is 4.79 Å². The van der Waals surface area contributed by atoms with Crippen LogP contribution in [0.4, 0.5) is 0 Å². The van der Waals surface area contributed by atoms with Crippen LogP contribution in [0.3, 0.4) is 0 Å².